The van der Waals surface area contributed by atoms with Crippen molar-refractivity contribution in [1.29, 1.82) is 0 Å². The van der Waals surface area contributed by atoms with Crippen molar-refractivity contribution in [2.45, 2.75) is 33.1 Å². The highest BCUT2D eigenvalue weighted by molar-refractivity contribution is 5.81. The predicted octanol–water partition coefficient (Wildman–Crippen LogP) is 3.44. The van der Waals surface area contributed by atoms with Gasteiger partial charge in [0.15, 0.2) is 0 Å². The Morgan fingerprint density at radius 1 is 1.16 bits per heavy atom. The van der Waals surface area contributed by atoms with E-state index in [-0.39, 0.29) is 5.78 Å². The van der Waals surface area contributed by atoms with Gasteiger partial charge in [-0.15, -0.1) is 0 Å². The second kappa shape index (κ2) is 6.28. The highest BCUT2D eigenvalue weighted by atomic mass is 16.1. The smallest absolute Gasteiger partial charge is 0.137 e. The van der Waals surface area contributed by atoms with Gasteiger partial charge < -0.3 is 0 Å². The number of aromatic nitrogens is 1. The molecule has 2 aromatic rings. The molecule has 1 aromatic heterocycles. The lowest BCUT2D eigenvalue weighted by Crippen LogP contribution is -2.06. The molecule has 0 unspecified atom stereocenters. The van der Waals surface area contributed by atoms with Crippen molar-refractivity contribution in [2.75, 3.05) is 0 Å². The fourth-order valence-corrected chi connectivity index (χ4v) is 2.11. The largest absolute Gasteiger partial charge is 0.299 e. The molecule has 0 bridgehead atoms. The first kappa shape index (κ1) is 13.5. The average molecular weight is 253 g/mol. The van der Waals surface area contributed by atoms with Gasteiger partial charge in [0.25, 0.3) is 0 Å². The molecule has 19 heavy (non-hydrogen) atoms. The van der Waals surface area contributed by atoms with Gasteiger partial charge in [-0.05, 0) is 43.5 Å². The predicted molar refractivity (Wildman–Crippen MR) is 77.2 cm³/mol. The molecule has 0 aliphatic heterocycles. The van der Waals surface area contributed by atoms with E-state index in [1.54, 1.807) is 6.20 Å². The summed E-state index contributed by atoms with van der Waals surface area (Å²) in [7, 11) is 0. The van der Waals surface area contributed by atoms with Crippen LogP contribution in [0.5, 0.6) is 0 Å². The minimum Gasteiger partial charge on any atom is -0.299 e. The zero-order chi connectivity index (χ0) is 13.7. The first-order chi connectivity index (χ1) is 9.15. The summed E-state index contributed by atoms with van der Waals surface area (Å²) in [6.45, 7) is 4.11. The lowest BCUT2D eigenvalue weighted by atomic mass is 9.99. The van der Waals surface area contributed by atoms with Crippen LogP contribution in [0.15, 0.2) is 42.6 Å². The number of carbonyl (C=O) groups is 1. The van der Waals surface area contributed by atoms with E-state index in [4.69, 9.17) is 0 Å². The van der Waals surface area contributed by atoms with Crippen LogP contribution in [0, 0.1) is 13.8 Å². The van der Waals surface area contributed by atoms with Gasteiger partial charge in [-0.2, -0.15) is 0 Å². The molecular formula is C17H19NO. The number of aryl methyl sites for hydroxylation is 3. The second-order valence-corrected chi connectivity index (χ2v) is 4.97. The van der Waals surface area contributed by atoms with E-state index < -0.39 is 0 Å². The monoisotopic (exact) mass is 253 g/mol. The molecule has 0 atom stereocenters. The number of ketones is 1. The summed E-state index contributed by atoms with van der Waals surface area (Å²) in [6, 6.07) is 12.1. The van der Waals surface area contributed by atoms with Gasteiger partial charge >= 0.3 is 0 Å². The summed E-state index contributed by atoms with van der Waals surface area (Å²) in [5.41, 5.74) is 4.53. The van der Waals surface area contributed by atoms with Crippen LogP contribution in [0.25, 0.3) is 0 Å². The van der Waals surface area contributed by atoms with Gasteiger partial charge in [0.05, 0.1) is 0 Å². The number of hydrogen-bond donors (Lipinski definition) is 0. The van der Waals surface area contributed by atoms with E-state index in [0.29, 0.717) is 12.8 Å². The van der Waals surface area contributed by atoms with Gasteiger partial charge in [-0.3, -0.25) is 9.78 Å². The molecule has 0 spiro atoms. The Morgan fingerprint density at radius 3 is 2.74 bits per heavy atom. The van der Waals surface area contributed by atoms with Crippen molar-refractivity contribution in [3.05, 3.63) is 65.0 Å². The molecule has 1 heterocycles. The maximum atomic E-state index is 12.0. The van der Waals surface area contributed by atoms with Gasteiger partial charge in [-0.25, -0.2) is 0 Å². The zero-order valence-corrected chi connectivity index (χ0v) is 11.5. The van der Waals surface area contributed by atoms with E-state index in [1.807, 2.05) is 18.2 Å². The van der Waals surface area contributed by atoms with E-state index in [2.05, 4.69) is 37.0 Å². The SMILES string of the molecule is Cc1ccc(C)c(CC(=O)CCc2ccccn2)c1. The number of nitrogens with zero attached hydrogens (tertiary/aromatic N) is 1. The third-order valence-corrected chi connectivity index (χ3v) is 3.28. The van der Waals surface area contributed by atoms with Crippen LogP contribution in [0.3, 0.4) is 0 Å². The quantitative estimate of drug-likeness (QED) is 0.817. The summed E-state index contributed by atoms with van der Waals surface area (Å²) in [6.07, 6.45) is 3.58. The maximum absolute atomic E-state index is 12.0. The van der Waals surface area contributed by atoms with Crippen molar-refractivity contribution < 1.29 is 4.79 Å². The van der Waals surface area contributed by atoms with Crippen molar-refractivity contribution in [3.63, 3.8) is 0 Å². The van der Waals surface area contributed by atoms with Crippen LogP contribution in [-0.2, 0) is 17.6 Å². The molecule has 0 aliphatic rings. The zero-order valence-electron chi connectivity index (χ0n) is 11.5. The Balaban J connectivity index is 1.93. The standard InChI is InChI=1S/C17H19NO/c1-13-6-7-14(2)15(11-13)12-17(19)9-8-16-5-3-4-10-18-16/h3-7,10-11H,8-9,12H2,1-2H3. The Hall–Kier alpha value is -1.96. The fourth-order valence-electron chi connectivity index (χ4n) is 2.11. The minimum atomic E-state index is 0.277. The third-order valence-electron chi connectivity index (χ3n) is 3.28. The topological polar surface area (TPSA) is 30.0 Å². The Kier molecular flexibility index (Phi) is 4.45. The van der Waals surface area contributed by atoms with Crippen LogP contribution >= 0.6 is 0 Å². The summed E-state index contributed by atoms with van der Waals surface area (Å²) >= 11 is 0. The summed E-state index contributed by atoms with van der Waals surface area (Å²) in [5.74, 6) is 0.277. The molecule has 0 saturated heterocycles. The molecule has 0 aliphatic carbocycles. The summed E-state index contributed by atoms with van der Waals surface area (Å²) in [5, 5.41) is 0. The maximum Gasteiger partial charge on any atom is 0.137 e. The van der Waals surface area contributed by atoms with Crippen LogP contribution in [0.2, 0.25) is 0 Å². The van der Waals surface area contributed by atoms with Crippen LogP contribution in [-0.4, -0.2) is 10.8 Å². The molecule has 0 amide bonds. The second-order valence-electron chi connectivity index (χ2n) is 4.97. The first-order valence-corrected chi connectivity index (χ1v) is 6.63. The van der Waals surface area contributed by atoms with Crippen molar-refractivity contribution in [1.82, 2.24) is 4.98 Å². The molecule has 2 nitrogen and oxygen atoms in total. The fraction of sp³-hybridized carbons (Fsp3) is 0.294. The molecule has 0 N–H and O–H groups in total. The highest BCUT2D eigenvalue weighted by Gasteiger charge is 2.07. The average Bonchev–Trinajstić information content (AvgIpc) is 2.42. The van der Waals surface area contributed by atoms with Gasteiger partial charge in [0.1, 0.15) is 5.78 Å². The number of pyridine rings is 1. The normalized spacial score (nSPS) is 10.4. The number of carbonyl (C=O) groups excluding carboxylic acids is 1. The first-order valence-electron chi connectivity index (χ1n) is 6.63. The lowest BCUT2D eigenvalue weighted by molar-refractivity contribution is -0.118. The van der Waals surface area contributed by atoms with Crippen LogP contribution in [0.1, 0.15) is 28.8 Å². The van der Waals surface area contributed by atoms with Crippen molar-refractivity contribution in [3.8, 4) is 0 Å². The number of Topliss-reactive ketones (excluding diaryl/α,β-unsaturated/α-hetero) is 1. The van der Waals surface area contributed by atoms with Gasteiger partial charge in [0.2, 0.25) is 0 Å². The molecule has 0 radical (unpaired) electrons. The molecular weight excluding hydrogens is 234 g/mol. The van der Waals surface area contributed by atoms with Gasteiger partial charge in [0, 0.05) is 24.7 Å². The van der Waals surface area contributed by atoms with Crippen molar-refractivity contribution in [2.24, 2.45) is 0 Å². The molecule has 0 saturated carbocycles. The number of rotatable bonds is 5. The number of hydrogen-bond acceptors (Lipinski definition) is 2. The Bertz CT molecular complexity index is 561. The van der Waals surface area contributed by atoms with E-state index >= 15 is 0 Å². The molecule has 0 fully saturated rings. The lowest BCUT2D eigenvalue weighted by Gasteiger charge is -2.06. The molecule has 2 rings (SSSR count). The molecule has 2 heteroatoms. The van der Waals surface area contributed by atoms with E-state index in [9.17, 15) is 4.79 Å². The summed E-state index contributed by atoms with van der Waals surface area (Å²) < 4.78 is 0. The molecule has 1 aromatic carbocycles. The van der Waals surface area contributed by atoms with Crippen LogP contribution in [0.4, 0.5) is 0 Å². The molecule has 98 valence electrons. The Labute approximate surface area is 114 Å². The van der Waals surface area contributed by atoms with E-state index in [1.165, 1.54) is 11.1 Å². The minimum absolute atomic E-state index is 0.277. The number of benzene rings is 1. The van der Waals surface area contributed by atoms with Crippen molar-refractivity contribution >= 4 is 5.78 Å². The highest BCUT2D eigenvalue weighted by Crippen LogP contribution is 2.13. The summed E-state index contributed by atoms with van der Waals surface area (Å²) in [4.78, 5) is 16.3. The Morgan fingerprint density at radius 2 is 2.00 bits per heavy atom. The van der Waals surface area contributed by atoms with E-state index in [0.717, 1.165) is 17.7 Å². The van der Waals surface area contributed by atoms with Crippen LogP contribution < -0.4 is 0 Å². The third kappa shape index (κ3) is 4.02. The van der Waals surface area contributed by atoms with Gasteiger partial charge in [-0.1, -0.05) is 29.8 Å².